The Morgan fingerprint density at radius 3 is 1.36 bits per heavy atom. The van der Waals surface area contributed by atoms with Gasteiger partial charge in [0.15, 0.2) is 0 Å². The smallest absolute Gasteiger partial charge is 0.00976 e. The van der Waals surface area contributed by atoms with Crippen LogP contribution in [-0.4, -0.2) is 48.1 Å². The van der Waals surface area contributed by atoms with Gasteiger partial charge in [0.25, 0.3) is 0 Å². The van der Waals surface area contributed by atoms with Crippen LogP contribution in [-0.2, 0) is 0 Å². The minimum Gasteiger partial charge on any atom is -0.301 e. The van der Waals surface area contributed by atoms with Crippen molar-refractivity contribution in [3.05, 3.63) is 0 Å². The van der Waals surface area contributed by atoms with E-state index in [1.54, 1.807) is 0 Å². The maximum absolute atomic E-state index is 2.71. The fourth-order valence-corrected chi connectivity index (χ4v) is 5.89. The molecule has 4 unspecified atom stereocenters. The molecule has 0 aliphatic heterocycles. The Hall–Kier alpha value is -0.0800. The molecule has 4 atom stereocenters. The Morgan fingerprint density at radius 2 is 1.00 bits per heavy atom. The van der Waals surface area contributed by atoms with Gasteiger partial charge in [-0.15, -0.1) is 0 Å². The van der Waals surface area contributed by atoms with Gasteiger partial charge in [-0.2, -0.15) is 0 Å². The summed E-state index contributed by atoms with van der Waals surface area (Å²) in [6.45, 7) is 14.3. The van der Waals surface area contributed by atoms with E-state index >= 15 is 0 Å². The van der Waals surface area contributed by atoms with Crippen LogP contribution in [0.5, 0.6) is 0 Å². The molecule has 0 aromatic carbocycles. The van der Waals surface area contributed by atoms with Crippen molar-refractivity contribution in [1.29, 1.82) is 0 Å². The molecule has 2 saturated carbocycles. The molecule has 0 aromatic heterocycles. The zero-order valence-corrected chi connectivity index (χ0v) is 17.8. The van der Waals surface area contributed by atoms with E-state index in [0.717, 1.165) is 23.9 Å². The lowest BCUT2D eigenvalue weighted by atomic mass is 9.79. The predicted octanol–water partition coefficient (Wildman–Crippen LogP) is 5.96. The van der Waals surface area contributed by atoms with Gasteiger partial charge in [-0.05, 0) is 63.7 Å². The maximum atomic E-state index is 2.71. The van der Waals surface area contributed by atoms with E-state index in [4.69, 9.17) is 0 Å². The van der Waals surface area contributed by atoms with Crippen molar-refractivity contribution in [3.63, 3.8) is 0 Å². The van der Waals surface area contributed by atoms with Crippen molar-refractivity contribution in [2.45, 2.75) is 110 Å². The van der Waals surface area contributed by atoms with Gasteiger partial charge in [0, 0.05) is 12.1 Å². The van der Waals surface area contributed by atoms with E-state index in [0.29, 0.717) is 0 Å². The molecule has 0 heterocycles. The highest BCUT2D eigenvalue weighted by atomic mass is 15.1. The lowest BCUT2D eigenvalue weighted by Crippen LogP contribution is -2.39. The molecule has 0 amide bonds. The van der Waals surface area contributed by atoms with Crippen LogP contribution in [0.25, 0.3) is 0 Å². The summed E-state index contributed by atoms with van der Waals surface area (Å²) in [7, 11) is 0. The molecule has 2 fully saturated rings. The zero-order chi connectivity index (χ0) is 18.1. The van der Waals surface area contributed by atoms with Gasteiger partial charge in [0.05, 0.1) is 0 Å². The third-order valence-electron chi connectivity index (χ3n) is 7.39. The average Bonchev–Trinajstić information content (AvgIpc) is 2.65. The summed E-state index contributed by atoms with van der Waals surface area (Å²) in [6.07, 6.45) is 16.3. The zero-order valence-electron chi connectivity index (χ0n) is 17.8. The summed E-state index contributed by atoms with van der Waals surface area (Å²) in [5.41, 5.74) is 0. The van der Waals surface area contributed by atoms with Gasteiger partial charge in [0.1, 0.15) is 0 Å². The van der Waals surface area contributed by atoms with Crippen molar-refractivity contribution >= 4 is 0 Å². The summed E-state index contributed by atoms with van der Waals surface area (Å²) in [5, 5.41) is 0. The second-order valence-corrected chi connectivity index (χ2v) is 8.75. The number of hydrogen-bond donors (Lipinski definition) is 0. The third kappa shape index (κ3) is 6.54. The summed E-state index contributed by atoms with van der Waals surface area (Å²) in [6, 6.07) is 1.77. The van der Waals surface area contributed by atoms with E-state index in [9.17, 15) is 0 Å². The highest BCUT2D eigenvalue weighted by molar-refractivity contribution is 4.82. The highest BCUT2D eigenvalue weighted by Crippen LogP contribution is 2.34. The lowest BCUT2D eigenvalue weighted by Gasteiger charge is -2.38. The van der Waals surface area contributed by atoms with E-state index in [1.165, 1.54) is 96.8 Å². The summed E-state index contributed by atoms with van der Waals surface area (Å²) < 4.78 is 0. The number of rotatable bonds is 10. The van der Waals surface area contributed by atoms with Crippen LogP contribution in [0.1, 0.15) is 98.3 Å². The molecule has 0 N–H and O–H groups in total. The molecule has 2 aliphatic carbocycles. The van der Waals surface area contributed by atoms with Crippen molar-refractivity contribution in [2.75, 3.05) is 26.2 Å². The molecule has 2 heteroatoms. The van der Waals surface area contributed by atoms with Crippen LogP contribution < -0.4 is 0 Å². The molecule has 0 spiro atoms. The van der Waals surface area contributed by atoms with E-state index in [2.05, 4.69) is 37.5 Å². The molecule has 2 nitrogen and oxygen atoms in total. The first kappa shape index (κ1) is 21.2. The summed E-state index contributed by atoms with van der Waals surface area (Å²) in [5.74, 6) is 2.03. The lowest BCUT2D eigenvalue weighted by molar-refractivity contribution is 0.127. The van der Waals surface area contributed by atoms with Crippen LogP contribution in [0.2, 0.25) is 0 Å². The molecule has 25 heavy (non-hydrogen) atoms. The number of hydrogen-bond acceptors (Lipinski definition) is 2. The molecular formula is C23H46N2. The summed E-state index contributed by atoms with van der Waals surface area (Å²) in [4.78, 5) is 5.42. The average molecular weight is 351 g/mol. The van der Waals surface area contributed by atoms with E-state index < -0.39 is 0 Å². The maximum Gasteiger partial charge on any atom is 0.00976 e. The normalized spacial score (nSPS) is 31.0. The number of nitrogens with zero attached hydrogens (tertiary/aromatic N) is 2. The van der Waals surface area contributed by atoms with Crippen molar-refractivity contribution in [2.24, 2.45) is 11.8 Å². The molecule has 2 rings (SSSR count). The van der Waals surface area contributed by atoms with Gasteiger partial charge >= 0.3 is 0 Å². The van der Waals surface area contributed by atoms with Crippen LogP contribution in [0.3, 0.4) is 0 Å². The monoisotopic (exact) mass is 350 g/mol. The Morgan fingerprint density at radius 1 is 0.600 bits per heavy atom. The van der Waals surface area contributed by atoms with Crippen LogP contribution >= 0.6 is 0 Å². The van der Waals surface area contributed by atoms with Crippen molar-refractivity contribution in [1.82, 2.24) is 9.80 Å². The van der Waals surface area contributed by atoms with Gasteiger partial charge in [-0.3, -0.25) is 0 Å². The second-order valence-electron chi connectivity index (χ2n) is 8.75. The van der Waals surface area contributed by atoms with Gasteiger partial charge < -0.3 is 9.80 Å². The van der Waals surface area contributed by atoms with Crippen molar-refractivity contribution in [3.8, 4) is 0 Å². The topological polar surface area (TPSA) is 6.48 Å². The van der Waals surface area contributed by atoms with E-state index in [-0.39, 0.29) is 0 Å². The molecule has 0 bridgehead atoms. The van der Waals surface area contributed by atoms with Crippen LogP contribution in [0, 0.1) is 11.8 Å². The van der Waals surface area contributed by atoms with Gasteiger partial charge in [-0.1, -0.05) is 72.6 Å². The van der Waals surface area contributed by atoms with E-state index in [1.807, 2.05) is 0 Å². The molecule has 2 aliphatic rings. The molecule has 148 valence electrons. The van der Waals surface area contributed by atoms with Crippen molar-refractivity contribution < 1.29 is 0 Å². The van der Waals surface area contributed by atoms with Crippen LogP contribution in [0.15, 0.2) is 0 Å². The first-order valence-corrected chi connectivity index (χ1v) is 11.7. The first-order valence-electron chi connectivity index (χ1n) is 11.7. The SMILES string of the molecule is CCN(CC)C1CCCC(CCCC2CCCC(N(CC)CC)C2)C1. The molecule has 0 aromatic rings. The Labute approximate surface area is 158 Å². The van der Waals surface area contributed by atoms with Gasteiger partial charge in [-0.25, -0.2) is 0 Å². The van der Waals surface area contributed by atoms with Crippen LogP contribution in [0.4, 0.5) is 0 Å². The quantitative estimate of drug-likeness (QED) is 0.480. The molecular weight excluding hydrogens is 304 g/mol. The Balaban J connectivity index is 1.69. The first-order chi connectivity index (χ1) is 12.2. The largest absolute Gasteiger partial charge is 0.301 e. The minimum atomic E-state index is 0.885. The standard InChI is InChI=1S/C23H46N2/c1-5-24(6-2)22-16-10-14-20(18-22)12-9-13-21-15-11-17-23(19-21)25(7-3)8-4/h20-23H,5-19H2,1-4H3. The third-order valence-corrected chi connectivity index (χ3v) is 7.39. The minimum absolute atomic E-state index is 0.885. The molecule has 0 radical (unpaired) electrons. The Bertz CT molecular complexity index is 303. The second kappa shape index (κ2) is 11.6. The fraction of sp³-hybridized carbons (Fsp3) is 1.00. The molecule has 0 saturated heterocycles. The highest BCUT2D eigenvalue weighted by Gasteiger charge is 2.27. The predicted molar refractivity (Wildman–Crippen MR) is 111 cm³/mol. The van der Waals surface area contributed by atoms with Gasteiger partial charge in [0.2, 0.25) is 0 Å². The summed E-state index contributed by atoms with van der Waals surface area (Å²) >= 11 is 0. The Kier molecular flexibility index (Phi) is 9.84. The fourth-order valence-electron chi connectivity index (χ4n) is 5.89.